The normalized spacial score (nSPS) is 36.8. The highest BCUT2D eigenvalue weighted by Crippen LogP contribution is 2.28. The van der Waals surface area contributed by atoms with Crippen molar-refractivity contribution in [3.05, 3.63) is 0 Å². The number of nitrogens with one attached hydrogen (secondary N) is 1. The molecule has 0 radical (unpaired) electrons. The lowest BCUT2D eigenvalue weighted by Crippen LogP contribution is -2.37. The lowest BCUT2D eigenvalue weighted by atomic mass is 9.79. The zero-order chi connectivity index (χ0) is 8.97. The van der Waals surface area contributed by atoms with Gasteiger partial charge in [0.05, 0.1) is 6.61 Å². The molecule has 1 saturated carbocycles. The molecule has 72 valence electrons. The maximum Gasteiger partial charge on any atom is 0.0556 e. The van der Waals surface area contributed by atoms with Gasteiger partial charge in [-0.25, -0.2) is 0 Å². The van der Waals surface area contributed by atoms with Crippen molar-refractivity contribution in [2.75, 3.05) is 13.2 Å². The summed E-state index contributed by atoms with van der Waals surface area (Å²) in [6.07, 6.45) is 3.90. The van der Waals surface area contributed by atoms with Gasteiger partial charge in [-0.15, -0.1) is 0 Å². The lowest BCUT2D eigenvalue weighted by molar-refractivity contribution is 0.212. The predicted molar refractivity (Wildman–Crippen MR) is 51.1 cm³/mol. The van der Waals surface area contributed by atoms with Gasteiger partial charge < -0.3 is 10.4 Å². The summed E-state index contributed by atoms with van der Waals surface area (Å²) < 4.78 is 0. The molecule has 12 heavy (non-hydrogen) atoms. The Hall–Kier alpha value is -0.0800. The van der Waals surface area contributed by atoms with Crippen molar-refractivity contribution in [1.82, 2.24) is 5.32 Å². The summed E-state index contributed by atoms with van der Waals surface area (Å²) in [4.78, 5) is 0. The molecule has 0 unspecified atom stereocenters. The summed E-state index contributed by atoms with van der Waals surface area (Å²) in [5, 5.41) is 12.0. The van der Waals surface area contributed by atoms with Crippen LogP contribution in [-0.4, -0.2) is 24.3 Å². The van der Waals surface area contributed by atoms with Gasteiger partial charge in [0, 0.05) is 12.6 Å². The van der Waals surface area contributed by atoms with Gasteiger partial charge in [-0.05, 0) is 31.1 Å². The third-order valence-corrected chi connectivity index (χ3v) is 3.14. The molecule has 2 N–H and O–H groups in total. The minimum atomic E-state index is 0.264. The quantitative estimate of drug-likeness (QED) is 0.672. The first-order chi connectivity index (χ1) is 5.74. The Kier molecular flexibility index (Phi) is 4.02. The van der Waals surface area contributed by atoms with Crippen LogP contribution in [0, 0.1) is 11.8 Å². The van der Waals surface area contributed by atoms with Crippen LogP contribution in [-0.2, 0) is 0 Å². The van der Waals surface area contributed by atoms with E-state index in [9.17, 15) is 0 Å². The molecular formula is C10H21NO. The smallest absolute Gasteiger partial charge is 0.0556 e. The Morgan fingerprint density at radius 2 is 2.00 bits per heavy atom. The number of hydrogen-bond acceptors (Lipinski definition) is 2. The summed E-state index contributed by atoms with van der Waals surface area (Å²) in [5.74, 6) is 1.73. The zero-order valence-corrected chi connectivity index (χ0v) is 8.21. The first kappa shape index (κ1) is 10.0. The molecule has 0 saturated heterocycles. The van der Waals surface area contributed by atoms with Crippen molar-refractivity contribution >= 4 is 0 Å². The van der Waals surface area contributed by atoms with Crippen molar-refractivity contribution in [2.45, 2.75) is 39.2 Å². The number of rotatable bonds is 3. The summed E-state index contributed by atoms with van der Waals surface area (Å²) >= 11 is 0. The highest BCUT2D eigenvalue weighted by atomic mass is 16.3. The van der Waals surface area contributed by atoms with E-state index < -0.39 is 0 Å². The number of aliphatic hydroxyl groups is 1. The average molecular weight is 171 g/mol. The van der Waals surface area contributed by atoms with Gasteiger partial charge in [0.2, 0.25) is 0 Å². The second-order valence-corrected chi connectivity index (χ2v) is 4.14. The van der Waals surface area contributed by atoms with Gasteiger partial charge in [-0.2, -0.15) is 0 Å². The molecule has 2 nitrogen and oxygen atoms in total. The van der Waals surface area contributed by atoms with Crippen LogP contribution in [0.1, 0.15) is 33.1 Å². The molecule has 0 aliphatic heterocycles. The lowest BCUT2D eigenvalue weighted by Gasteiger charge is -2.32. The van der Waals surface area contributed by atoms with E-state index in [1.165, 1.54) is 19.3 Å². The fourth-order valence-corrected chi connectivity index (χ4v) is 2.00. The topological polar surface area (TPSA) is 32.3 Å². The molecular weight excluding hydrogens is 150 g/mol. The van der Waals surface area contributed by atoms with Crippen LogP contribution in [0.15, 0.2) is 0 Å². The van der Waals surface area contributed by atoms with E-state index in [0.29, 0.717) is 6.04 Å². The van der Waals surface area contributed by atoms with E-state index in [1.54, 1.807) is 0 Å². The highest BCUT2D eigenvalue weighted by molar-refractivity contribution is 4.79. The maximum absolute atomic E-state index is 8.65. The molecule has 0 spiro atoms. The Labute approximate surface area is 75.4 Å². The van der Waals surface area contributed by atoms with Crippen LogP contribution in [0.2, 0.25) is 0 Å². The summed E-state index contributed by atoms with van der Waals surface area (Å²) in [7, 11) is 0. The van der Waals surface area contributed by atoms with Crippen molar-refractivity contribution in [1.29, 1.82) is 0 Å². The monoisotopic (exact) mass is 171 g/mol. The predicted octanol–water partition coefficient (Wildman–Crippen LogP) is 1.39. The van der Waals surface area contributed by atoms with Gasteiger partial charge in [0.1, 0.15) is 0 Å². The van der Waals surface area contributed by atoms with Crippen LogP contribution in [0.25, 0.3) is 0 Å². The van der Waals surface area contributed by atoms with E-state index in [-0.39, 0.29) is 6.61 Å². The number of hydrogen-bond donors (Lipinski definition) is 2. The number of aliphatic hydroxyl groups excluding tert-OH is 1. The van der Waals surface area contributed by atoms with Crippen LogP contribution < -0.4 is 5.32 Å². The highest BCUT2D eigenvalue weighted by Gasteiger charge is 2.23. The Morgan fingerprint density at radius 1 is 1.25 bits per heavy atom. The van der Waals surface area contributed by atoms with Gasteiger partial charge in [-0.1, -0.05) is 13.8 Å². The second kappa shape index (κ2) is 4.83. The Morgan fingerprint density at radius 3 is 2.58 bits per heavy atom. The fraction of sp³-hybridized carbons (Fsp3) is 1.00. The maximum atomic E-state index is 8.65. The Bertz CT molecular complexity index is 125. The molecule has 2 heteroatoms. The van der Waals surface area contributed by atoms with Gasteiger partial charge in [-0.3, -0.25) is 0 Å². The van der Waals surface area contributed by atoms with Crippen LogP contribution in [0.5, 0.6) is 0 Å². The minimum Gasteiger partial charge on any atom is -0.395 e. The van der Waals surface area contributed by atoms with E-state index in [4.69, 9.17) is 5.11 Å². The van der Waals surface area contributed by atoms with Crippen molar-refractivity contribution in [3.8, 4) is 0 Å². The molecule has 0 aromatic carbocycles. The molecule has 0 aromatic heterocycles. The third-order valence-electron chi connectivity index (χ3n) is 3.14. The van der Waals surface area contributed by atoms with E-state index in [2.05, 4.69) is 19.2 Å². The molecule has 1 fully saturated rings. The van der Waals surface area contributed by atoms with Crippen molar-refractivity contribution < 1.29 is 5.11 Å². The summed E-state index contributed by atoms with van der Waals surface area (Å²) in [5.41, 5.74) is 0. The van der Waals surface area contributed by atoms with Crippen molar-refractivity contribution in [3.63, 3.8) is 0 Å². The average Bonchev–Trinajstić information content (AvgIpc) is 2.07. The van der Waals surface area contributed by atoms with Crippen LogP contribution in [0.3, 0.4) is 0 Å². The molecule has 1 rings (SSSR count). The van der Waals surface area contributed by atoms with Crippen LogP contribution >= 0.6 is 0 Å². The van der Waals surface area contributed by atoms with E-state index >= 15 is 0 Å². The largest absolute Gasteiger partial charge is 0.395 e. The van der Waals surface area contributed by atoms with Crippen LogP contribution in [0.4, 0.5) is 0 Å². The molecule has 0 amide bonds. The first-order valence-electron chi connectivity index (χ1n) is 5.08. The standard InChI is InChI=1S/C10H21NO/c1-8-3-4-10(7-9(8)2)11-5-6-12/h8-12H,3-7H2,1-2H3/t8-,9-,10-/m0/s1. The summed E-state index contributed by atoms with van der Waals surface area (Å²) in [6.45, 7) is 5.69. The minimum absolute atomic E-state index is 0.264. The third kappa shape index (κ3) is 2.76. The summed E-state index contributed by atoms with van der Waals surface area (Å²) in [6, 6.07) is 0.656. The van der Waals surface area contributed by atoms with E-state index in [0.717, 1.165) is 18.4 Å². The fourth-order valence-electron chi connectivity index (χ4n) is 2.00. The first-order valence-corrected chi connectivity index (χ1v) is 5.08. The second-order valence-electron chi connectivity index (χ2n) is 4.14. The molecule has 1 aliphatic carbocycles. The molecule has 0 bridgehead atoms. The van der Waals surface area contributed by atoms with E-state index in [1.807, 2.05) is 0 Å². The van der Waals surface area contributed by atoms with Gasteiger partial charge in [0.25, 0.3) is 0 Å². The Balaban J connectivity index is 2.21. The van der Waals surface area contributed by atoms with Gasteiger partial charge >= 0.3 is 0 Å². The molecule has 1 aliphatic rings. The molecule has 3 atom stereocenters. The zero-order valence-electron chi connectivity index (χ0n) is 8.21. The van der Waals surface area contributed by atoms with Gasteiger partial charge in [0.15, 0.2) is 0 Å². The molecule has 0 heterocycles. The molecule has 0 aromatic rings. The SMILES string of the molecule is C[C@H]1CC[C@H](NCCO)C[C@@H]1C. The van der Waals surface area contributed by atoms with Crippen molar-refractivity contribution in [2.24, 2.45) is 11.8 Å².